The van der Waals surface area contributed by atoms with Crippen molar-refractivity contribution in [3.8, 4) is 0 Å². The van der Waals surface area contributed by atoms with Crippen LogP contribution in [0.15, 0.2) is 58.7 Å². The molecule has 21 heavy (non-hydrogen) atoms. The molecule has 1 aliphatic carbocycles. The molecule has 0 amide bonds. The molecule has 5 heteroatoms. The number of allylic oxidation sites excluding steroid dienone is 2. The summed E-state index contributed by atoms with van der Waals surface area (Å²) in [6.07, 6.45) is 0. The molecule has 0 fully saturated rings. The summed E-state index contributed by atoms with van der Waals surface area (Å²) in [4.78, 5) is 24.8. The van der Waals surface area contributed by atoms with Crippen LogP contribution in [0.5, 0.6) is 0 Å². The van der Waals surface area contributed by atoms with E-state index in [-0.39, 0.29) is 21.7 Å². The monoisotopic (exact) mass is 361 g/mol. The Balaban J connectivity index is 2.02. The number of halogens is 2. The average Bonchev–Trinajstić information content (AvgIpc) is 2.51. The highest BCUT2D eigenvalue weighted by Gasteiger charge is 2.30. The molecule has 1 N–H and O–H groups in total. The van der Waals surface area contributed by atoms with Gasteiger partial charge in [-0.15, -0.1) is 0 Å². The van der Waals surface area contributed by atoms with Gasteiger partial charge < -0.3 is 5.32 Å². The van der Waals surface area contributed by atoms with Gasteiger partial charge in [-0.2, -0.15) is 0 Å². The molecule has 3 nitrogen and oxygen atoms in total. The summed E-state index contributed by atoms with van der Waals surface area (Å²) >= 11 is 9.05. The van der Waals surface area contributed by atoms with E-state index >= 15 is 0 Å². The van der Waals surface area contributed by atoms with Crippen molar-refractivity contribution in [3.63, 3.8) is 0 Å². The largest absolute Gasteiger partial charge is 0.351 e. The molecule has 0 saturated carbocycles. The van der Waals surface area contributed by atoms with Gasteiger partial charge in [-0.05, 0) is 40.2 Å². The van der Waals surface area contributed by atoms with Crippen LogP contribution in [-0.2, 0) is 0 Å². The zero-order chi connectivity index (χ0) is 15.0. The molecule has 0 saturated heterocycles. The van der Waals surface area contributed by atoms with Crippen molar-refractivity contribution in [1.29, 1.82) is 0 Å². The van der Waals surface area contributed by atoms with Gasteiger partial charge in [0.1, 0.15) is 5.70 Å². The smallest absolute Gasteiger partial charge is 0.211 e. The molecule has 2 aromatic rings. The van der Waals surface area contributed by atoms with Crippen LogP contribution in [0.1, 0.15) is 20.7 Å². The first-order valence-electron chi connectivity index (χ1n) is 6.18. The zero-order valence-electron chi connectivity index (χ0n) is 10.7. The second-order valence-corrected chi connectivity index (χ2v) is 5.75. The lowest BCUT2D eigenvalue weighted by atomic mass is 9.92. The highest BCUT2D eigenvalue weighted by atomic mass is 79.9. The number of hydrogen-bond donors (Lipinski definition) is 1. The Morgan fingerprint density at radius 2 is 1.43 bits per heavy atom. The second kappa shape index (κ2) is 5.47. The Morgan fingerprint density at radius 1 is 0.857 bits per heavy atom. The average molecular weight is 363 g/mol. The number of benzene rings is 2. The fourth-order valence-corrected chi connectivity index (χ4v) is 2.75. The third-order valence-electron chi connectivity index (χ3n) is 3.18. The summed E-state index contributed by atoms with van der Waals surface area (Å²) in [6.45, 7) is 0. The molecule has 0 aromatic heterocycles. The minimum Gasteiger partial charge on any atom is -0.351 e. The summed E-state index contributed by atoms with van der Waals surface area (Å²) in [5.74, 6) is -0.423. The number of hydrogen-bond acceptors (Lipinski definition) is 3. The van der Waals surface area contributed by atoms with E-state index in [0.29, 0.717) is 21.8 Å². The van der Waals surface area contributed by atoms with Gasteiger partial charge in [0, 0.05) is 21.8 Å². The van der Waals surface area contributed by atoms with Crippen LogP contribution < -0.4 is 5.32 Å². The van der Waals surface area contributed by atoms with E-state index in [2.05, 4.69) is 21.2 Å². The first-order chi connectivity index (χ1) is 10.1. The number of carbonyl (C=O) groups excluding carboxylic acids is 2. The Morgan fingerprint density at radius 3 is 2.05 bits per heavy atom. The van der Waals surface area contributed by atoms with Crippen molar-refractivity contribution < 1.29 is 9.59 Å². The number of carbonyl (C=O) groups is 2. The molecular weight excluding hydrogens is 354 g/mol. The van der Waals surface area contributed by atoms with Gasteiger partial charge in [-0.1, -0.05) is 35.9 Å². The fourth-order valence-electron chi connectivity index (χ4n) is 2.13. The Bertz CT molecular complexity index is 781. The maximum atomic E-state index is 12.5. The van der Waals surface area contributed by atoms with Gasteiger partial charge in [0.2, 0.25) is 11.6 Å². The van der Waals surface area contributed by atoms with E-state index in [9.17, 15) is 9.59 Å². The third-order valence-corrected chi connectivity index (χ3v) is 4.18. The number of rotatable bonds is 2. The number of fused-ring (bicyclic) bond motifs is 1. The summed E-state index contributed by atoms with van der Waals surface area (Å²) in [5.41, 5.74) is 1.74. The van der Waals surface area contributed by atoms with Crippen LogP contribution in [0.3, 0.4) is 0 Å². The van der Waals surface area contributed by atoms with E-state index in [1.165, 1.54) is 0 Å². The number of ketones is 2. The highest BCUT2D eigenvalue weighted by molar-refractivity contribution is 9.12. The minimum absolute atomic E-state index is 0.207. The topological polar surface area (TPSA) is 46.2 Å². The molecule has 0 aliphatic heterocycles. The van der Waals surface area contributed by atoms with E-state index in [1.807, 2.05) is 0 Å². The van der Waals surface area contributed by atoms with Gasteiger partial charge in [0.25, 0.3) is 0 Å². The van der Waals surface area contributed by atoms with Crippen molar-refractivity contribution in [2.45, 2.75) is 0 Å². The molecular formula is C16H9BrClNO2. The molecule has 104 valence electrons. The van der Waals surface area contributed by atoms with Crippen LogP contribution in [0.25, 0.3) is 0 Å². The van der Waals surface area contributed by atoms with E-state index in [0.717, 1.165) is 0 Å². The maximum Gasteiger partial charge on any atom is 0.211 e. The normalized spacial score (nSPS) is 14.2. The van der Waals surface area contributed by atoms with Gasteiger partial charge in [-0.25, -0.2) is 0 Å². The van der Waals surface area contributed by atoms with Crippen LogP contribution in [0.4, 0.5) is 5.69 Å². The summed E-state index contributed by atoms with van der Waals surface area (Å²) < 4.78 is 0.237. The third kappa shape index (κ3) is 2.52. The molecule has 0 spiro atoms. The molecule has 0 bridgehead atoms. The summed E-state index contributed by atoms with van der Waals surface area (Å²) in [7, 11) is 0. The quantitative estimate of drug-likeness (QED) is 0.859. The fraction of sp³-hybridized carbons (Fsp3) is 0. The maximum absolute atomic E-state index is 12.5. The molecule has 0 atom stereocenters. The lowest BCUT2D eigenvalue weighted by Crippen LogP contribution is -2.24. The van der Waals surface area contributed by atoms with Crippen LogP contribution >= 0.6 is 27.5 Å². The first kappa shape index (κ1) is 14.0. The molecule has 2 aromatic carbocycles. The minimum atomic E-state index is -0.216. The molecule has 0 heterocycles. The first-order valence-corrected chi connectivity index (χ1v) is 7.36. The van der Waals surface area contributed by atoms with Gasteiger partial charge in [0.15, 0.2) is 0 Å². The Hall–Kier alpha value is -1.91. The van der Waals surface area contributed by atoms with Gasteiger partial charge >= 0.3 is 0 Å². The number of anilines is 1. The van der Waals surface area contributed by atoms with Crippen LogP contribution in [0, 0.1) is 0 Å². The highest BCUT2D eigenvalue weighted by Crippen LogP contribution is 2.30. The Kier molecular flexibility index (Phi) is 3.66. The van der Waals surface area contributed by atoms with Crippen molar-refractivity contribution in [2.75, 3.05) is 5.32 Å². The van der Waals surface area contributed by atoms with Crippen molar-refractivity contribution >= 4 is 44.8 Å². The lowest BCUT2D eigenvalue weighted by molar-refractivity contribution is 0.0983. The second-order valence-electron chi connectivity index (χ2n) is 4.52. The van der Waals surface area contributed by atoms with Crippen molar-refractivity contribution in [2.24, 2.45) is 0 Å². The number of Topliss-reactive ketones (excluding diaryl/α,β-unsaturated/α-hetero) is 2. The Labute approximate surface area is 134 Å². The van der Waals surface area contributed by atoms with Crippen molar-refractivity contribution in [1.82, 2.24) is 0 Å². The van der Waals surface area contributed by atoms with E-state index < -0.39 is 0 Å². The summed E-state index contributed by atoms with van der Waals surface area (Å²) in [6, 6.07) is 13.7. The zero-order valence-corrected chi connectivity index (χ0v) is 13.0. The molecule has 1 aliphatic rings. The lowest BCUT2D eigenvalue weighted by Gasteiger charge is -2.19. The van der Waals surface area contributed by atoms with Crippen LogP contribution in [0.2, 0.25) is 5.02 Å². The predicted octanol–water partition coefficient (Wildman–Crippen LogP) is 4.44. The van der Waals surface area contributed by atoms with E-state index in [1.54, 1.807) is 48.5 Å². The molecule has 3 rings (SSSR count). The van der Waals surface area contributed by atoms with Crippen LogP contribution in [-0.4, -0.2) is 11.6 Å². The van der Waals surface area contributed by atoms with Crippen molar-refractivity contribution in [3.05, 3.63) is 74.9 Å². The van der Waals surface area contributed by atoms with Gasteiger partial charge in [-0.3, -0.25) is 9.59 Å². The molecule has 0 radical (unpaired) electrons. The molecule has 0 unspecified atom stereocenters. The van der Waals surface area contributed by atoms with Gasteiger partial charge in [0.05, 0.1) is 4.48 Å². The summed E-state index contributed by atoms with van der Waals surface area (Å²) in [5, 5.41) is 3.58. The number of nitrogens with one attached hydrogen (secondary N) is 1. The van der Waals surface area contributed by atoms with E-state index in [4.69, 9.17) is 11.6 Å². The standard InChI is InChI=1S/C16H9BrClNO2/c17-13-14(19-10-7-5-9(18)6-8-10)16(21)12-4-2-1-3-11(12)15(13)20/h1-8,19H. The SMILES string of the molecule is O=C1C(Br)=C(Nc2ccc(Cl)cc2)C(=O)c2ccccc21. The predicted molar refractivity (Wildman–Crippen MR) is 86.1 cm³/mol.